The van der Waals surface area contributed by atoms with Gasteiger partial charge in [-0.05, 0) is 55.3 Å². The molecular weight excluding hydrogens is 427 g/mol. The number of hydrogen-bond acceptors (Lipinski definition) is 5. The Kier molecular flexibility index (Phi) is 6.70. The van der Waals surface area contributed by atoms with E-state index in [1.165, 1.54) is 17.8 Å². The smallest absolute Gasteiger partial charge is 0.251 e. The first kappa shape index (κ1) is 21.8. The van der Waals surface area contributed by atoms with Crippen LogP contribution in [0.4, 0.5) is 4.39 Å². The third-order valence-corrected chi connectivity index (χ3v) is 6.04. The maximum absolute atomic E-state index is 14.6. The summed E-state index contributed by atoms with van der Waals surface area (Å²) < 4.78 is 21.7. The second-order valence-electron chi connectivity index (χ2n) is 7.34. The van der Waals surface area contributed by atoms with Crippen LogP contribution in [0.1, 0.15) is 36.2 Å². The predicted molar refractivity (Wildman–Crippen MR) is 122 cm³/mol. The van der Waals surface area contributed by atoms with Crippen molar-refractivity contribution in [1.82, 2.24) is 20.1 Å². The van der Waals surface area contributed by atoms with Gasteiger partial charge in [-0.1, -0.05) is 43.0 Å². The van der Waals surface area contributed by atoms with Crippen LogP contribution in [0.3, 0.4) is 0 Å². The summed E-state index contributed by atoms with van der Waals surface area (Å²) in [6.07, 6.45) is 2.42. The molecule has 0 aliphatic heterocycles. The number of para-hydroxylation sites is 1. The van der Waals surface area contributed by atoms with Crippen molar-refractivity contribution in [2.75, 3.05) is 0 Å². The maximum atomic E-state index is 14.6. The van der Waals surface area contributed by atoms with Gasteiger partial charge in [0.25, 0.3) is 5.91 Å². The van der Waals surface area contributed by atoms with E-state index in [9.17, 15) is 9.18 Å². The van der Waals surface area contributed by atoms with E-state index < -0.39 is 0 Å². The second kappa shape index (κ2) is 9.82. The summed E-state index contributed by atoms with van der Waals surface area (Å²) >= 11 is 1.43. The lowest BCUT2D eigenvalue weighted by molar-refractivity contribution is 0.0939. The quantitative estimate of drug-likeness (QED) is 0.360. The summed E-state index contributed by atoms with van der Waals surface area (Å²) in [5, 5.41) is 12.0. The largest absolute Gasteiger partial charge is 0.461 e. The van der Waals surface area contributed by atoms with Crippen molar-refractivity contribution in [2.24, 2.45) is 0 Å². The number of furan rings is 1. The molecule has 1 amide bonds. The topological polar surface area (TPSA) is 73.0 Å². The molecule has 1 unspecified atom stereocenters. The first-order valence-corrected chi connectivity index (χ1v) is 11.3. The molecule has 0 saturated heterocycles. The van der Waals surface area contributed by atoms with Gasteiger partial charge in [-0.3, -0.25) is 9.36 Å². The molecular formula is C24H23FN4O2S. The van der Waals surface area contributed by atoms with E-state index >= 15 is 0 Å². The van der Waals surface area contributed by atoms with Crippen molar-refractivity contribution in [3.05, 3.63) is 83.9 Å². The second-order valence-corrected chi connectivity index (χ2v) is 8.28. The average Bonchev–Trinajstić information content (AvgIpc) is 3.48. The summed E-state index contributed by atoms with van der Waals surface area (Å²) in [6.45, 7) is 4.01. The molecule has 32 heavy (non-hydrogen) atoms. The molecule has 0 spiro atoms. The number of carbonyl (C=O) groups excluding carboxylic acids is 1. The molecule has 1 N–H and O–H groups in total. The predicted octanol–water partition coefficient (Wildman–Crippen LogP) is 5.49. The van der Waals surface area contributed by atoms with E-state index in [4.69, 9.17) is 4.42 Å². The molecule has 0 aliphatic rings. The first-order chi connectivity index (χ1) is 15.6. The van der Waals surface area contributed by atoms with E-state index in [1.807, 2.05) is 38.1 Å². The third-order valence-electron chi connectivity index (χ3n) is 5.04. The lowest BCUT2D eigenvalue weighted by Gasteiger charge is -2.12. The third kappa shape index (κ3) is 4.75. The van der Waals surface area contributed by atoms with Crippen molar-refractivity contribution < 1.29 is 13.6 Å². The Morgan fingerprint density at radius 1 is 1.12 bits per heavy atom. The van der Waals surface area contributed by atoms with Crippen molar-refractivity contribution in [3.63, 3.8) is 0 Å². The Hall–Kier alpha value is -3.39. The van der Waals surface area contributed by atoms with Gasteiger partial charge in [0.1, 0.15) is 5.82 Å². The highest BCUT2D eigenvalue weighted by atomic mass is 32.2. The van der Waals surface area contributed by atoms with E-state index in [0.717, 1.165) is 12.0 Å². The molecule has 0 aliphatic carbocycles. The van der Waals surface area contributed by atoms with Gasteiger partial charge in [0.2, 0.25) is 5.82 Å². The van der Waals surface area contributed by atoms with Crippen LogP contribution in [0, 0.1) is 5.82 Å². The molecule has 164 valence electrons. The van der Waals surface area contributed by atoms with E-state index in [0.29, 0.717) is 33.7 Å². The molecule has 2 aromatic carbocycles. The number of rotatable bonds is 8. The number of nitrogens with one attached hydrogen (secondary N) is 1. The molecule has 6 nitrogen and oxygen atoms in total. The number of aromatic nitrogens is 3. The highest BCUT2D eigenvalue weighted by molar-refractivity contribution is 7.98. The van der Waals surface area contributed by atoms with Crippen molar-refractivity contribution in [2.45, 2.75) is 37.2 Å². The van der Waals surface area contributed by atoms with E-state index in [2.05, 4.69) is 15.5 Å². The monoisotopic (exact) mass is 450 g/mol. The van der Waals surface area contributed by atoms with Crippen LogP contribution in [0.15, 0.2) is 76.5 Å². The first-order valence-electron chi connectivity index (χ1n) is 10.3. The highest BCUT2D eigenvalue weighted by Crippen LogP contribution is 2.31. The van der Waals surface area contributed by atoms with Crippen LogP contribution in [-0.4, -0.2) is 26.7 Å². The SMILES string of the molecule is CCC(C)NC(=O)c1ccc(CSc2nnc(-c3ccco3)n2-c2ccccc2F)cc1. The molecule has 0 saturated carbocycles. The van der Waals surface area contributed by atoms with E-state index in [1.54, 1.807) is 41.2 Å². The van der Waals surface area contributed by atoms with Crippen LogP contribution in [0.2, 0.25) is 0 Å². The van der Waals surface area contributed by atoms with Gasteiger partial charge < -0.3 is 9.73 Å². The number of nitrogens with zero attached hydrogens (tertiary/aromatic N) is 3. The summed E-state index contributed by atoms with van der Waals surface area (Å²) in [5.74, 6) is 1.06. The molecule has 0 fully saturated rings. The highest BCUT2D eigenvalue weighted by Gasteiger charge is 2.20. The Labute approximate surface area is 189 Å². The van der Waals surface area contributed by atoms with Gasteiger partial charge in [0, 0.05) is 17.4 Å². The van der Waals surface area contributed by atoms with Crippen molar-refractivity contribution in [3.8, 4) is 17.3 Å². The number of thioether (sulfide) groups is 1. The lowest BCUT2D eigenvalue weighted by atomic mass is 10.1. The summed E-state index contributed by atoms with van der Waals surface area (Å²) in [7, 11) is 0. The number of hydrogen-bond donors (Lipinski definition) is 1. The van der Waals surface area contributed by atoms with Crippen LogP contribution in [0.5, 0.6) is 0 Å². The molecule has 0 radical (unpaired) electrons. The molecule has 0 bridgehead atoms. The Balaban J connectivity index is 1.55. The Morgan fingerprint density at radius 3 is 2.59 bits per heavy atom. The number of benzene rings is 2. The average molecular weight is 451 g/mol. The van der Waals surface area contributed by atoms with Crippen LogP contribution >= 0.6 is 11.8 Å². The van der Waals surface area contributed by atoms with Gasteiger partial charge in [-0.15, -0.1) is 10.2 Å². The number of carbonyl (C=O) groups is 1. The summed E-state index contributed by atoms with van der Waals surface area (Å²) in [5.41, 5.74) is 1.98. The van der Waals surface area contributed by atoms with Crippen LogP contribution < -0.4 is 5.32 Å². The molecule has 8 heteroatoms. The summed E-state index contributed by atoms with van der Waals surface area (Å²) in [6, 6.07) is 17.6. The Bertz CT molecular complexity index is 1190. The molecule has 1 atom stereocenters. The lowest BCUT2D eigenvalue weighted by Crippen LogP contribution is -2.31. The fourth-order valence-electron chi connectivity index (χ4n) is 3.09. The fourth-order valence-corrected chi connectivity index (χ4v) is 3.99. The minimum atomic E-state index is -0.376. The Morgan fingerprint density at radius 2 is 1.91 bits per heavy atom. The van der Waals surface area contributed by atoms with Crippen LogP contribution in [-0.2, 0) is 5.75 Å². The zero-order valence-electron chi connectivity index (χ0n) is 17.8. The van der Waals surface area contributed by atoms with Gasteiger partial charge >= 0.3 is 0 Å². The molecule has 2 aromatic heterocycles. The summed E-state index contributed by atoms with van der Waals surface area (Å²) in [4.78, 5) is 12.3. The van der Waals surface area contributed by atoms with Crippen LogP contribution in [0.25, 0.3) is 17.3 Å². The number of halogens is 1. The zero-order valence-corrected chi connectivity index (χ0v) is 18.6. The fraction of sp³-hybridized carbons (Fsp3) is 0.208. The van der Waals surface area contributed by atoms with Crippen molar-refractivity contribution in [1.29, 1.82) is 0 Å². The van der Waals surface area contributed by atoms with Gasteiger partial charge in [-0.25, -0.2) is 4.39 Å². The minimum absolute atomic E-state index is 0.0825. The maximum Gasteiger partial charge on any atom is 0.251 e. The van der Waals surface area contributed by atoms with Crippen molar-refractivity contribution >= 4 is 17.7 Å². The molecule has 4 rings (SSSR count). The van der Waals surface area contributed by atoms with Gasteiger partial charge in [-0.2, -0.15) is 0 Å². The van der Waals surface area contributed by atoms with E-state index in [-0.39, 0.29) is 17.8 Å². The number of amides is 1. The molecule has 4 aromatic rings. The minimum Gasteiger partial charge on any atom is -0.461 e. The standard InChI is InChI=1S/C24H23FN4O2S/c1-3-16(2)26-23(30)18-12-10-17(11-13-18)15-32-24-28-27-22(21-9-6-14-31-21)29(24)20-8-5-4-7-19(20)25/h4-14,16H,3,15H2,1-2H3,(H,26,30). The zero-order chi connectivity index (χ0) is 22.5. The normalized spacial score (nSPS) is 12.0. The molecule has 2 heterocycles. The van der Waals surface area contributed by atoms with Gasteiger partial charge in [0.15, 0.2) is 10.9 Å². The van der Waals surface area contributed by atoms with Gasteiger partial charge in [0.05, 0.1) is 12.0 Å².